The summed E-state index contributed by atoms with van der Waals surface area (Å²) in [5.74, 6) is 0.678. The maximum Gasteiger partial charge on any atom is 0.131 e. The summed E-state index contributed by atoms with van der Waals surface area (Å²) in [6, 6.07) is 8.71. The Kier molecular flexibility index (Phi) is 2.74. The topological polar surface area (TPSA) is 26.0 Å². The summed E-state index contributed by atoms with van der Waals surface area (Å²) in [5.41, 5.74) is 8.70. The van der Waals surface area contributed by atoms with E-state index in [0.717, 1.165) is 13.0 Å². The molecule has 66 valence electrons. The number of nitrogens with two attached hydrogens (primary N) is 1. The first-order valence-electron chi connectivity index (χ1n) is 4.84. The van der Waals surface area contributed by atoms with E-state index in [9.17, 15) is 0 Å². The van der Waals surface area contributed by atoms with Gasteiger partial charge in [0, 0.05) is 0 Å². The van der Waals surface area contributed by atoms with E-state index in [2.05, 4.69) is 40.6 Å². The molecule has 0 aromatic heterocycles. The second-order valence-corrected chi connectivity index (χ2v) is 4.65. The fraction of sp³-hybridized carbons (Fsp3) is 0.455. The second kappa shape index (κ2) is 3.84. The van der Waals surface area contributed by atoms with E-state index in [-0.39, 0.29) is 0 Å². The van der Waals surface area contributed by atoms with Crippen molar-refractivity contribution in [2.45, 2.75) is 17.6 Å². The van der Waals surface area contributed by atoms with Crippen molar-refractivity contribution in [3.63, 3.8) is 0 Å². The SMILES string of the molecule is NCC1Cc2ccccc2[CH]([Al])C1. The Hall–Kier alpha value is -0.288. The van der Waals surface area contributed by atoms with E-state index in [1.165, 1.54) is 17.5 Å². The molecule has 1 aromatic carbocycles. The molecule has 2 rings (SSSR count). The van der Waals surface area contributed by atoms with Crippen molar-refractivity contribution in [3.8, 4) is 0 Å². The van der Waals surface area contributed by atoms with Gasteiger partial charge in [0.1, 0.15) is 16.3 Å². The van der Waals surface area contributed by atoms with Crippen LogP contribution in [-0.4, -0.2) is 22.8 Å². The van der Waals surface area contributed by atoms with Gasteiger partial charge in [0.15, 0.2) is 0 Å². The van der Waals surface area contributed by atoms with Gasteiger partial charge >= 0.3 is 0 Å². The van der Waals surface area contributed by atoms with Crippen LogP contribution in [0.5, 0.6) is 0 Å². The van der Waals surface area contributed by atoms with Crippen molar-refractivity contribution in [2.24, 2.45) is 11.7 Å². The zero-order chi connectivity index (χ0) is 9.26. The van der Waals surface area contributed by atoms with Crippen molar-refractivity contribution in [1.82, 2.24) is 0 Å². The van der Waals surface area contributed by atoms with Crippen LogP contribution >= 0.6 is 0 Å². The molecule has 2 radical (unpaired) electrons. The summed E-state index contributed by atoms with van der Waals surface area (Å²) in [5, 5.41) is 0. The van der Waals surface area contributed by atoms with Crippen LogP contribution in [0.25, 0.3) is 0 Å². The minimum absolute atomic E-state index is 0.610. The fourth-order valence-electron chi connectivity index (χ4n) is 2.14. The lowest BCUT2D eigenvalue weighted by molar-refractivity contribution is 0.460. The van der Waals surface area contributed by atoms with Gasteiger partial charge in [-0.1, -0.05) is 41.0 Å². The fourth-order valence-corrected chi connectivity index (χ4v) is 2.85. The molecule has 0 heterocycles. The van der Waals surface area contributed by atoms with E-state index in [1.807, 2.05) is 0 Å². The molecule has 0 spiro atoms. The quantitative estimate of drug-likeness (QED) is 0.661. The van der Waals surface area contributed by atoms with Crippen molar-refractivity contribution in [2.75, 3.05) is 6.54 Å². The Balaban J connectivity index is 2.31. The molecule has 2 atom stereocenters. The van der Waals surface area contributed by atoms with Gasteiger partial charge in [-0.25, -0.2) is 0 Å². The maximum absolute atomic E-state index is 5.71. The normalized spacial score (nSPS) is 26.8. The van der Waals surface area contributed by atoms with Crippen LogP contribution in [0, 0.1) is 5.92 Å². The average Bonchev–Trinajstić information content (AvgIpc) is 2.18. The number of fused-ring (bicyclic) bond motifs is 1. The molecule has 13 heavy (non-hydrogen) atoms. The molecule has 0 saturated carbocycles. The first-order chi connectivity index (χ1) is 6.31. The van der Waals surface area contributed by atoms with Gasteiger partial charge in [0.25, 0.3) is 0 Å². The predicted octanol–water partition coefficient (Wildman–Crippen LogP) is 1.42. The van der Waals surface area contributed by atoms with Crippen LogP contribution in [0.2, 0.25) is 0 Å². The molecule has 0 fully saturated rings. The van der Waals surface area contributed by atoms with Crippen molar-refractivity contribution < 1.29 is 0 Å². The Labute approximate surface area is 87.8 Å². The van der Waals surface area contributed by atoms with E-state index < -0.39 is 0 Å². The third-order valence-corrected chi connectivity index (χ3v) is 3.52. The van der Waals surface area contributed by atoms with Crippen LogP contribution in [0.1, 0.15) is 22.3 Å². The molecule has 1 aliphatic carbocycles. The van der Waals surface area contributed by atoms with Crippen molar-refractivity contribution in [3.05, 3.63) is 35.4 Å². The van der Waals surface area contributed by atoms with E-state index in [1.54, 1.807) is 0 Å². The van der Waals surface area contributed by atoms with Crippen molar-refractivity contribution >= 4 is 16.3 Å². The van der Waals surface area contributed by atoms with Gasteiger partial charge in [-0.2, -0.15) is 0 Å². The number of benzene rings is 1. The second-order valence-electron chi connectivity index (χ2n) is 3.85. The predicted molar refractivity (Wildman–Crippen MR) is 55.8 cm³/mol. The maximum atomic E-state index is 5.71. The Morgan fingerprint density at radius 3 is 2.92 bits per heavy atom. The van der Waals surface area contributed by atoms with Crippen LogP contribution < -0.4 is 5.73 Å². The monoisotopic (exact) mass is 187 g/mol. The minimum atomic E-state index is 0.610. The summed E-state index contributed by atoms with van der Waals surface area (Å²) >= 11 is 2.93. The smallest absolute Gasteiger partial charge is 0.131 e. The molecule has 0 bridgehead atoms. The summed E-state index contributed by atoms with van der Waals surface area (Å²) < 4.78 is 0.610. The molecule has 1 aromatic rings. The molecule has 1 nitrogen and oxygen atoms in total. The van der Waals surface area contributed by atoms with Gasteiger partial charge in [-0.15, -0.1) is 0 Å². The summed E-state index contributed by atoms with van der Waals surface area (Å²) in [6.07, 6.45) is 2.38. The van der Waals surface area contributed by atoms with Gasteiger partial charge in [-0.3, -0.25) is 0 Å². The summed E-state index contributed by atoms with van der Waals surface area (Å²) in [4.78, 5) is 0. The third-order valence-electron chi connectivity index (χ3n) is 2.88. The zero-order valence-electron chi connectivity index (χ0n) is 7.74. The molecule has 0 saturated heterocycles. The first-order valence-corrected chi connectivity index (χ1v) is 5.51. The summed E-state index contributed by atoms with van der Waals surface area (Å²) in [7, 11) is 0. The third kappa shape index (κ3) is 1.81. The Bertz CT molecular complexity index is 298. The molecule has 0 aliphatic heterocycles. The number of hydrogen-bond acceptors (Lipinski definition) is 1. The van der Waals surface area contributed by atoms with E-state index in [4.69, 9.17) is 5.73 Å². The zero-order valence-corrected chi connectivity index (χ0v) is 8.89. The number of rotatable bonds is 1. The molecule has 2 unspecified atom stereocenters. The molecular weight excluding hydrogens is 173 g/mol. The standard InChI is InChI=1S/C11H14N.Al/c12-8-9-5-6-10-3-1-2-4-11(10)7-9;/h1-4,6,9H,5,7-8,12H2;. The largest absolute Gasteiger partial charge is 0.330 e. The molecule has 2 N–H and O–H groups in total. The molecule has 1 aliphatic rings. The van der Waals surface area contributed by atoms with Crippen molar-refractivity contribution in [1.29, 1.82) is 0 Å². The molecular formula is C11H14AlN. The van der Waals surface area contributed by atoms with Crippen LogP contribution in [0.3, 0.4) is 0 Å². The Morgan fingerprint density at radius 2 is 2.15 bits per heavy atom. The van der Waals surface area contributed by atoms with Gasteiger partial charge in [-0.05, 0) is 24.4 Å². The lowest BCUT2D eigenvalue weighted by Crippen LogP contribution is -2.25. The summed E-state index contributed by atoms with van der Waals surface area (Å²) in [6.45, 7) is 0.819. The minimum Gasteiger partial charge on any atom is -0.330 e. The van der Waals surface area contributed by atoms with Gasteiger partial charge < -0.3 is 5.73 Å². The molecule has 2 heteroatoms. The number of hydrogen-bond donors (Lipinski definition) is 1. The highest BCUT2D eigenvalue weighted by Crippen LogP contribution is 2.31. The Morgan fingerprint density at radius 1 is 1.38 bits per heavy atom. The average molecular weight is 187 g/mol. The van der Waals surface area contributed by atoms with E-state index >= 15 is 0 Å². The first kappa shape index (κ1) is 9.27. The van der Waals surface area contributed by atoms with Gasteiger partial charge in [0.05, 0.1) is 0 Å². The van der Waals surface area contributed by atoms with Crippen LogP contribution in [-0.2, 0) is 6.42 Å². The van der Waals surface area contributed by atoms with Crippen LogP contribution in [0.4, 0.5) is 0 Å². The van der Waals surface area contributed by atoms with Crippen LogP contribution in [0.15, 0.2) is 24.3 Å². The lowest BCUT2D eigenvalue weighted by Gasteiger charge is -2.29. The molecule has 0 amide bonds. The van der Waals surface area contributed by atoms with Gasteiger partial charge in [0.2, 0.25) is 0 Å². The highest BCUT2D eigenvalue weighted by molar-refractivity contribution is 6.12. The lowest BCUT2D eigenvalue weighted by atomic mass is 9.83. The highest BCUT2D eigenvalue weighted by Gasteiger charge is 2.21. The highest BCUT2D eigenvalue weighted by atomic mass is 27.0. The van der Waals surface area contributed by atoms with E-state index in [0.29, 0.717) is 10.7 Å².